The van der Waals surface area contributed by atoms with Crippen LogP contribution in [0.3, 0.4) is 0 Å². The van der Waals surface area contributed by atoms with Gasteiger partial charge in [0.25, 0.3) is 0 Å². The van der Waals surface area contributed by atoms with Crippen molar-refractivity contribution in [2.75, 3.05) is 12.3 Å². The van der Waals surface area contributed by atoms with Crippen LogP contribution in [0.2, 0.25) is 0 Å². The molecule has 0 aliphatic carbocycles. The number of nitrogen functional groups attached to an aromatic ring is 1. The summed E-state index contributed by atoms with van der Waals surface area (Å²) < 4.78 is 7.59. The molecule has 32 heavy (non-hydrogen) atoms. The Hall–Kier alpha value is -4.69. The number of aryl methyl sites for hydroxylation is 1. The summed E-state index contributed by atoms with van der Waals surface area (Å²) in [6.07, 6.45) is 5.83. The number of nitrogens with two attached hydrogens (primary N) is 1. The van der Waals surface area contributed by atoms with Gasteiger partial charge in [0.2, 0.25) is 0 Å². The minimum Gasteiger partial charge on any atom is -0.492 e. The number of ether oxygens (including phenoxy) is 1. The lowest BCUT2D eigenvalue weighted by molar-refractivity contribution is 0.300. The monoisotopic (exact) mass is 427 g/mol. The highest BCUT2D eigenvalue weighted by Gasteiger charge is 2.07. The smallest absolute Gasteiger partial charge is 0.165 e. The van der Waals surface area contributed by atoms with Gasteiger partial charge in [-0.05, 0) is 49.5 Å². The SMILES string of the molecule is C=C.C=C=C=C=C=CN=CN=C.Cc1ccc(OCCn2cnc3c(N)ncnc32)cc1. The van der Waals surface area contributed by atoms with Gasteiger partial charge in [0.15, 0.2) is 11.5 Å². The third-order valence-electron chi connectivity index (χ3n) is 3.56. The molecule has 0 spiro atoms. The molecule has 0 amide bonds. The largest absolute Gasteiger partial charge is 0.492 e. The third-order valence-corrected chi connectivity index (χ3v) is 3.56. The summed E-state index contributed by atoms with van der Waals surface area (Å²) in [5.74, 6) is 1.25. The molecule has 2 N–H and O–H groups in total. The van der Waals surface area contributed by atoms with Crippen molar-refractivity contribution in [3.05, 3.63) is 91.3 Å². The number of aliphatic imine (C=N–C) groups is 2. The quantitative estimate of drug-likeness (QED) is 0.276. The molecule has 0 fully saturated rings. The van der Waals surface area contributed by atoms with Crippen LogP contribution < -0.4 is 10.5 Å². The van der Waals surface area contributed by atoms with Gasteiger partial charge in [0.05, 0.1) is 19.1 Å². The Morgan fingerprint density at radius 1 is 1.16 bits per heavy atom. The number of fused-ring (bicyclic) bond motifs is 1. The lowest BCUT2D eigenvalue weighted by Crippen LogP contribution is -2.08. The van der Waals surface area contributed by atoms with Gasteiger partial charge in [-0.25, -0.2) is 19.9 Å². The van der Waals surface area contributed by atoms with E-state index < -0.39 is 0 Å². The van der Waals surface area contributed by atoms with Crippen LogP contribution >= 0.6 is 0 Å². The van der Waals surface area contributed by atoms with E-state index in [1.807, 2.05) is 35.8 Å². The van der Waals surface area contributed by atoms with Gasteiger partial charge in [0.1, 0.15) is 30.5 Å². The van der Waals surface area contributed by atoms with Crippen molar-refractivity contribution >= 4 is 30.0 Å². The summed E-state index contributed by atoms with van der Waals surface area (Å²) in [4.78, 5) is 19.3. The molecule has 1 aromatic carbocycles. The summed E-state index contributed by atoms with van der Waals surface area (Å²) in [5.41, 5.74) is 18.2. The average molecular weight is 428 g/mol. The number of aromatic nitrogens is 4. The number of anilines is 1. The molecular weight excluding hydrogens is 402 g/mol. The number of nitrogens with zero attached hydrogens (tertiary/aromatic N) is 6. The second-order valence-electron chi connectivity index (χ2n) is 5.68. The van der Waals surface area contributed by atoms with Gasteiger partial charge in [0, 0.05) is 0 Å². The summed E-state index contributed by atoms with van der Waals surface area (Å²) in [6, 6.07) is 7.97. The van der Waals surface area contributed by atoms with E-state index in [0.29, 0.717) is 24.5 Å². The highest BCUT2D eigenvalue weighted by atomic mass is 16.5. The van der Waals surface area contributed by atoms with Gasteiger partial charge in [-0.2, -0.15) is 0 Å². The Kier molecular flexibility index (Phi) is 12.0. The first kappa shape index (κ1) is 25.3. The van der Waals surface area contributed by atoms with Crippen LogP contribution in [0.5, 0.6) is 5.75 Å². The molecule has 0 radical (unpaired) electrons. The second kappa shape index (κ2) is 15.2. The molecule has 162 valence electrons. The molecule has 8 nitrogen and oxygen atoms in total. The lowest BCUT2D eigenvalue weighted by Gasteiger charge is -2.07. The molecule has 3 aromatic rings. The van der Waals surface area contributed by atoms with Gasteiger partial charge < -0.3 is 15.0 Å². The topological polar surface area (TPSA) is 104 Å². The molecule has 0 bridgehead atoms. The first-order chi connectivity index (χ1) is 15.7. The van der Waals surface area contributed by atoms with Crippen molar-refractivity contribution < 1.29 is 4.74 Å². The maximum atomic E-state index is 5.75. The molecule has 0 aliphatic heterocycles. The molecule has 3 rings (SSSR count). The number of hydrogen-bond donors (Lipinski definition) is 1. The van der Waals surface area contributed by atoms with Gasteiger partial charge >= 0.3 is 0 Å². The fourth-order valence-corrected chi connectivity index (χ4v) is 2.19. The number of benzene rings is 1. The summed E-state index contributed by atoms with van der Waals surface area (Å²) >= 11 is 0. The predicted molar refractivity (Wildman–Crippen MR) is 130 cm³/mol. The van der Waals surface area contributed by atoms with E-state index in [0.717, 1.165) is 11.4 Å². The normalized spacial score (nSPS) is 9.03. The van der Waals surface area contributed by atoms with E-state index in [1.165, 1.54) is 24.4 Å². The molecular formula is C24H25N7O. The van der Waals surface area contributed by atoms with E-state index in [-0.39, 0.29) is 0 Å². The highest BCUT2D eigenvalue weighted by Crippen LogP contribution is 2.15. The van der Waals surface area contributed by atoms with E-state index in [1.54, 1.807) is 6.33 Å². The van der Waals surface area contributed by atoms with Crippen LogP contribution in [0.4, 0.5) is 5.82 Å². The zero-order valence-corrected chi connectivity index (χ0v) is 18.0. The Morgan fingerprint density at radius 3 is 2.59 bits per heavy atom. The van der Waals surface area contributed by atoms with E-state index in [4.69, 9.17) is 10.5 Å². The molecule has 0 unspecified atom stereocenters. The van der Waals surface area contributed by atoms with Crippen molar-refractivity contribution in [3.63, 3.8) is 0 Å². The van der Waals surface area contributed by atoms with Crippen molar-refractivity contribution in [2.45, 2.75) is 13.5 Å². The zero-order chi connectivity index (χ0) is 23.6. The molecule has 0 saturated carbocycles. The van der Waals surface area contributed by atoms with Crippen LogP contribution in [-0.2, 0) is 6.54 Å². The molecule has 8 heteroatoms. The Morgan fingerprint density at radius 2 is 1.91 bits per heavy atom. The van der Waals surface area contributed by atoms with Crippen molar-refractivity contribution in [1.29, 1.82) is 0 Å². The predicted octanol–water partition coefficient (Wildman–Crippen LogP) is 4.08. The molecule has 2 aromatic heterocycles. The number of hydrogen-bond acceptors (Lipinski definition) is 6. The zero-order valence-electron chi connectivity index (χ0n) is 18.0. The minimum atomic E-state index is 0.396. The summed E-state index contributed by atoms with van der Waals surface area (Å²) in [7, 11) is 0. The van der Waals surface area contributed by atoms with Crippen molar-refractivity contribution in [2.24, 2.45) is 9.98 Å². The van der Waals surface area contributed by atoms with Crippen LogP contribution in [0.1, 0.15) is 5.56 Å². The van der Waals surface area contributed by atoms with Gasteiger partial charge in [-0.1, -0.05) is 23.4 Å². The van der Waals surface area contributed by atoms with E-state index in [9.17, 15) is 0 Å². The van der Waals surface area contributed by atoms with Gasteiger partial charge in [-0.15, -0.1) is 13.2 Å². The standard InChI is InChI=1S/C14H15N5O.C8H6N2.C2H4/c1-10-2-4-11(5-3-10)20-7-6-19-9-18-12-13(15)16-8-17-14(12)19;1-3-4-5-6-7-10-8-9-2;1-2/h2-5,8-9H,6-7H2,1H3,(H2,15,16,17);7-8H,1-2H2;1-2H2. The maximum Gasteiger partial charge on any atom is 0.165 e. The molecule has 0 aliphatic rings. The summed E-state index contributed by atoms with van der Waals surface area (Å²) in [5, 5.41) is 0. The second-order valence-corrected chi connectivity index (χ2v) is 5.68. The van der Waals surface area contributed by atoms with Crippen LogP contribution in [0, 0.1) is 6.92 Å². The third kappa shape index (κ3) is 8.76. The lowest BCUT2D eigenvalue weighted by atomic mass is 10.2. The maximum absolute atomic E-state index is 5.75. The molecule has 0 saturated heterocycles. The highest BCUT2D eigenvalue weighted by molar-refractivity contribution is 5.81. The minimum absolute atomic E-state index is 0.396. The first-order valence-electron chi connectivity index (χ1n) is 9.33. The van der Waals surface area contributed by atoms with E-state index in [2.05, 4.69) is 74.3 Å². The Balaban J connectivity index is 0.000000364. The van der Waals surface area contributed by atoms with Crippen LogP contribution in [0.25, 0.3) is 11.2 Å². The Labute approximate surface area is 187 Å². The van der Waals surface area contributed by atoms with E-state index >= 15 is 0 Å². The van der Waals surface area contributed by atoms with Crippen LogP contribution in [-0.4, -0.2) is 39.2 Å². The fraction of sp³-hybridized carbons (Fsp3) is 0.125. The fourth-order valence-electron chi connectivity index (χ4n) is 2.19. The van der Waals surface area contributed by atoms with Crippen LogP contribution in [0.15, 0.2) is 95.8 Å². The van der Waals surface area contributed by atoms with Gasteiger partial charge in [-0.3, -0.25) is 4.99 Å². The number of imidazole rings is 1. The summed E-state index contributed by atoms with van der Waals surface area (Å²) in [6.45, 7) is 15.7. The number of rotatable bonds is 6. The Bertz CT molecular complexity index is 1180. The molecule has 2 heterocycles. The molecule has 0 atom stereocenters. The van der Waals surface area contributed by atoms with Crippen molar-refractivity contribution in [1.82, 2.24) is 19.5 Å². The first-order valence-corrected chi connectivity index (χ1v) is 9.33. The average Bonchev–Trinajstić information content (AvgIpc) is 3.24. The van der Waals surface area contributed by atoms with Crippen molar-refractivity contribution in [3.8, 4) is 5.75 Å².